The number of hydrogen-bond donors (Lipinski definition) is 1. The van der Waals surface area contributed by atoms with Crippen molar-refractivity contribution in [3.8, 4) is 5.75 Å². The van der Waals surface area contributed by atoms with Crippen molar-refractivity contribution in [1.82, 2.24) is 10.3 Å². The normalized spacial score (nSPS) is 11.8. The summed E-state index contributed by atoms with van der Waals surface area (Å²) in [5.41, 5.74) is 0.417. The van der Waals surface area contributed by atoms with Gasteiger partial charge in [0.1, 0.15) is 23.7 Å². The van der Waals surface area contributed by atoms with Crippen LogP contribution < -0.4 is 10.1 Å². The summed E-state index contributed by atoms with van der Waals surface area (Å²) in [6.07, 6.45) is -0.243. The van der Waals surface area contributed by atoms with E-state index >= 15 is 0 Å². The largest absolute Gasteiger partial charge is 0.489 e. The van der Waals surface area contributed by atoms with Gasteiger partial charge >= 0.3 is 12.1 Å². The van der Waals surface area contributed by atoms with Crippen molar-refractivity contribution >= 4 is 23.0 Å². The van der Waals surface area contributed by atoms with Crippen molar-refractivity contribution in [2.45, 2.75) is 26.4 Å². The second-order valence-electron chi connectivity index (χ2n) is 6.95. The van der Waals surface area contributed by atoms with Gasteiger partial charge in [0, 0.05) is 17.5 Å². The monoisotopic (exact) mass is 390 g/mol. The van der Waals surface area contributed by atoms with E-state index in [-0.39, 0.29) is 24.4 Å². The fraction of sp³-hybridized carbons (Fsp3) is 0.350. The summed E-state index contributed by atoms with van der Waals surface area (Å²) in [5, 5.41) is 3.23. The third-order valence-electron chi connectivity index (χ3n) is 3.49. The number of amides is 1. The maximum Gasteiger partial charge on any atom is 0.407 e. The smallest absolute Gasteiger partial charge is 0.407 e. The molecule has 8 heteroatoms. The molecular formula is C20H23FN2O5. The molecular weight excluding hydrogens is 367 g/mol. The van der Waals surface area contributed by atoms with Crippen LogP contribution in [0.1, 0.15) is 31.3 Å². The Labute approximate surface area is 162 Å². The van der Waals surface area contributed by atoms with E-state index in [0.29, 0.717) is 17.6 Å². The number of nitrogens with one attached hydrogen (secondary N) is 1. The summed E-state index contributed by atoms with van der Waals surface area (Å²) >= 11 is 0. The molecule has 0 radical (unpaired) electrons. The molecule has 0 aliphatic rings. The molecule has 1 amide bonds. The van der Waals surface area contributed by atoms with E-state index in [1.807, 2.05) is 0 Å². The standard InChI is InChI=1S/C20H23FN2O5/c1-20(2,3)28-19(25)22-11-13(10-21)12-27-15-6-8-16-14(9-15)5-7-17(23-16)18(24)26-4/h5-10H,11-12H2,1-4H3,(H,22,25)/b13-10+. The van der Waals surface area contributed by atoms with E-state index in [1.54, 1.807) is 51.1 Å². The number of rotatable bonds is 6. The topological polar surface area (TPSA) is 86.8 Å². The minimum Gasteiger partial charge on any atom is -0.489 e. The minimum absolute atomic E-state index is 0.0387. The van der Waals surface area contributed by atoms with Gasteiger partial charge in [0.15, 0.2) is 0 Å². The average molecular weight is 390 g/mol. The number of nitrogens with zero attached hydrogens (tertiary/aromatic N) is 1. The predicted molar refractivity (Wildman–Crippen MR) is 102 cm³/mol. The highest BCUT2D eigenvalue weighted by molar-refractivity contribution is 5.91. The van der Waals surface area contributed by atoms with E-state index in [4.69, 9.17) is 9.47 Å². The number of fused-ring (bicyclic) bond motifs is 1. The summed E-state index contributed by atoms with van der Waals surface area (Å²) in [7, 11) is 1.29. The number of pyridine rings is 1. The first-order chi connectivity index (χ1) is 13.2. The number of carbonyl (C=O) groups is 2. The predicted octanol–water partition coefficient (Wildman–Crippen LogP) is 3.78. The number of alkyl carbamates (subject to hydrolysis) is 1. The maximum absolute atomic E-state index is 13.1. The highest BCUT2D eigenvalue weighted by Gasteiger charge is 2.16. The second kappa shape index (κ2) is 9.16. The first kappa shape index (κ1) is 21.1. The first-order valence-electron chi connectivity index (χ1n) is 8.59. The molecule has 1 heterocycles. The van der Waals surface area contributed by atoms with Gasteiger partial charge in [0.25, 0.3) is 0 Å². The Hall–Kier alpha value is -3.16. The van der Waals surface area contributed by atoms with Gasteiger partial charge in [-0.15, -0.1) is 0 Å². The van der Waals surface area contributed by atoms with Crippen LogP contribution in [0.15, 0.2) is 42.2 Å². The van der Waals surface area contributed by atoms with Crippen molar-refractivity contribution in [3.63, 3.8) is 0 Å². The lowest BCUT2D eigenvalue weighted by atomic mass is 10.2. The van der Waals surface area contributed by atoms with Crippen LogP contribution in [0.2, 0.25) is 0 Å². The zero-order valence-electron chi connectivity index (χ0n) is 16.2. The quantitative estimate of drug-likeness (QED) is 0.756. The van der Waals surface area contributed by atoms with E-state index in [0.717, 1.165) is 5.39 Å². The van der Waals surface area contributed by atoms with Crippen LogP contribution in [0.3, 0.4) is 0 Å². The number of halogens is 1. The summed E-state index contributed by atoms with van der Waals surface area (Å²) < 4.78 is 28.4. The second-order valence-corrected chi connectivity index (χ2v) is 6.95. The highest BCUT2D eigenvalue weighted by Crippen LogP contribution is 2.20. The van der Waals surface area contributed by atoms with E-state index < -0.39 is 17.7 Å². The average Bonchev–Trinajstić information content (AvgIpc) is 2.65. The summed E-state index contributed by atoms with van der Waals surface area (Å²) in [6.45, 7) is 5.13. The van der Waals surface area contributed by atoms with Gasteiger partial charge in [0.05, 0.1) is 19.0 Å². The van der Waals surface area contributed by atoms with Crippen LogP contribution in [0.4, 0.5) is 9.18 Å². The van der Waals surface area contributed by atoms with Crippen molar-refractivity contribution in [2.24, 2.45) is 0 Å². The molecule has 0 bridgehead atoms. The number of ether oxygens (including phenoxy) is 3. The molecule has 0 saturated carbocycles. The van der Waals surface area contributed by atoms with Crippen LogP contribution in [0.25, 0.3) is 10.9 Å². The Balaban J connectivity index is 1.96. The molecule has 1 N–H and O–H groups in total. The summed E-state index contributed by atoms with van der Waals surface area (Å²) in [6, 6.07) is 8.34. The molecule has 0 fully saturated rings. The Bertz CT molecular complexity index is 890. The SMILES string of the molecule is COC(=O)c1ccc2cc(OC/C(=C/F)CNC(=O)OC(C)(C)C)ccc2n1. The van der Waals surface area contributed by atoms with Gasteiger partial charge in [-0.1, -0.05) is 6.07 Å². The molecule has 7 nitrogen and oxygen atoms in total. The lowest BCUT2D eigenvalue weighted by molar-refractivity contribution is 0.0530. The highest BCUT2D eigenvalue weighted by atomic mass is 19.1. The Morgan fingerprint density at radius 2 is 1.96 bits per heavy atom. The fourth-order valence-corrected chi connectivity index (χ4v) is 2.21. The van der Waals surface area contributed by atoms with Gasteiger partial charge < -0.3 is 19.5 Å². The number of methoxy groups -OCH3 is 1. The van der Waals surface area contributed by atoms with Gasteiger partial charge in [-0.05, 0) is 45.0 Å². The van der Waals surface area contributed by atoms with Crippen LogP contribution >= 0.6 is 0 Å². The lowest BCUT2D eigenvalue weighted by Gasteiger charge is -2.20. The molecule has 2 rings (SSSR count). The van der Waals surface area contributed by atoms with Gasteiger partial charge in [-0.3, -0.25) is 0 Å². The fourth-order valence-electron chi connectivity index (χ4n) is 2.21. The molecule has 0 aliphatic carbocycles. The molecule has 2 aromatic rings. The van der Waals surface area contributed by atoms with Crippen molar-refractivity contribution in [3.05, 3.63) is 47.9 Å². The Morgan fingerprint density at radius 3 is 2.61 bits per heavy atom. The van der Waals surface area contributed by atoms with Crippen LogP contribution in [-0.4, -0.2) is 42.9 Å². The van der Waals surface area contributed by atoms with Gasteiger partial charge in [-0.2, -0.15) is 0 Å². The van der Waals surface area contributed by atoms with Gasteiger partial charge in [0.2, 0.25) is 0 Å². The minimum atomic E-state index is -0.634. The Kier molecular flexibility index (Phi) is 6.92. The number of carbonyl (C=O) groups excluding carboxylic acids is 2. The molecule has 0 saturated heterocycles. The first-order valence-corrected chi connectivity index (χ1v) is 8.59. The van der Waals surface area contributed by atoms with Crippen LogP contribution in [-0.2, 0) is 9.47 Å². The molecule has 150 valence electrons. The molecule has 28 heavy (non-hydrogen) atoms. The maximum atomic E-state index is 13.1. The molecule has 1 aromatic heterocycles. The third-order valence-corrected chi connectivity index (χ3v) is 3.49. The van der Waals surface area contributed by atoms with Crippen LogP contribution in [0.5, 0.6) is 5.75 Å². The van der Waals surface area contributed by atoms with Crippen molar-refractivity contribution < 1.29 is 28.2 Å². The van der Waals surface area contributed by atoms with Gasteiger partial charge in [-0.25, -0.2) is 19.0 Å². The van der Waals surface area contributed by atoms with E-state index in [2.05, 4.69) is 15.0 Å². The molecule has 0 aliphatic heterocycles. The number of aromatic nitrogens is 1. The molecule has 0 spiro atoms. The lowest BCUT2D eigenvalue weighted by Crippen LogP contribution is -2.34. The third kappa shape index (κ3) is 6.22. The number of benzene rings is 1. The number of esters is 1. The zero-order valence-corrected chi connectivity index (χ0v) is 16.2. The van der Waals surface area contributed by atoms with Crippen molar-refractivity contribution in [2.75, 3.05) is 20.3 Å². The number of hydrogen-bond acceptors (Lipinski definition) is 6. The van der Waals surface area contributed by atoms with Crippen LogP contribution in [0, 0.1) is 0 Å². The summed E-state index contributed by atoms with van der Waals surface area (Å²) in [5.74, 6) is -0.0193. The summed E-state index contributed by atoms with van der Waals surface area (Å²) in [4.78, 5) is 27.4. The molecule has 1 aromatic carbocycles. The van der Waals surface area contributed by atoms with E-state index in [9.17, 15) is 14.0 Å². The molecule has 0 atom stereocenters. The zero-order chi connectivity index (χ0) is 20.7. The van der Waals surface area contributed by atoms with Crippen molar-refractivity contribution in [1.29, 1.82) is 0 Å². The molecule has 0 unspecified atom stereocenters. The van der Waals surface area contributed by atoms with E-state index in [1.165, 1.54) is 7.11 Å². The Morgan fingerprint density at radius 1 is 1.21 bits per heavy atom.